The lowest BCUT2D eigenvalue weighted by atomic mass is 9.74. The standard InChI is InChI=1S/C35H51FN2O3.ClH/c1-4-5-6-7-8-9-10-11-21-35(27-37,30-15-18-32(40-2)33(26-30)41-3)22-12-23-38-24-19-29(20-25-38)34(39)28-13-16-31(36)17-14-28;/h13-18,26,29,34,39H,4-12,19-25H2,1-3H3;1H. The number of hydrogen-bond donors (Lipinski definition) is 1. The molecule has 1 N–H and O–H groups in total. The van der Waals surface area contributed by atoms with Crippen LogP contribution in [0, 0.1) is 23.1 Å². The quantitative estimate of drug-likeness (QED) is 0.173. The van der Waals surface area contributed by atoms with E-state index in [9.17, 15) is 14.8 Å². The summed E-state index contributed by atoms with van der Waals surface area (Å²) >= 11 is 0. The average Bonchev–Trinajstić information content (AvgIpc) is 3.01. The lowest BCUT2D eigenvalue weighted by Gasteiger charge is -2.35. The Hall–Kier alpha value is -2.33. The van der Waals surface area contributed by atoms with Crippen molar-refractivity contribution in [2.45, 2.75) is 102 Å². The summed E-state index contributed by atoms with van der Waals surface area (Å²) in [6.45, 7) is 5.04. The summed E-state index contributed by atoms with van der Waals surface area (Å²) in [6, 6.07) is 14.9. The summed E-state index contributed by atoms with van der Waals surface area (Å²) in [4.78, 5) is 2.46. The Balaban J connectivity index is 0.00000616. The summed E-state index contributed by atoms with van der Waals surface area (Å²) in [5.41, 5.74) is 1.25. The maximum absolute atomic E-state index is 13.3. The number of halogens is 2. The Labute approximate surface area is 259 Å². The van der Waals surface area contributed by atoms with Crippen LogP contribution in [0.15, 0.2) is 42.5 Å². The average molecular weight is 603 g/mol. The monoisotopic (exact) mass is 602 g/mol. The van der Waals surface area contributed by atoms with E-state index in [-0.39, 0.29) is 24.1 Å². The third-order valence-electron chi connectivity index (χ3n) is 8.98. The van der Waals surface area contributed by atoms with Crippen LogP contribution >= 0.6 is 12.4 Å². The van der Waals surface area contributed by atoms with Gasteiger partial charge >= 0.3 is 0 Å². The number of piperidine rings is 1. The second-order valence-electron chi connectivity index (χ2n) is 11.8. The van der Waals surface area contributed by atoms with Gasteiger partial charge in [-0.2, -0.15) is 5.26 Å². The van der Waals surface area contributed by atoms with Crippen LogP contribution in [0.4, 0.5) is 4.39 Å². The molecule has 0 amide bonds. The van der Waals surface area contributed by atoms with Gasteiger partial charge in [0, 0.05) is 0 Å². The van der Waals surface area contributed by atoms with Crippen LogP contribution in [-0.4, -0.2) is 43.9 Å². The second-order valence-corrected chi connectivity index (χ2v) is 11.8. The lowest BCUT2D eigenvalue weighted by molar-refractivity contribution is 0.0580. The molecule has 1 heterocycles. The molecule has 0 radical (unpaired) electrons. The smallest absolute Gasteiger partial charge is 0.161 e. The highest BCUT2D eigenvalue weighted by atomic mass is 35.5. The molecule has 234 valence electrons. The minimum Gasteiger partial charge on any atom is -0.493 e. The van der Waals surface area contributed by atoms with Crippen molar-refractivity contribution in [3.05, 3.63) is 59.4 Å². The summed E-state index contributed by atoms with van der Waals surface area (Å²) in [7, 11) is 3.28. The Morgan fingerprint density at radius 1 is 0.905 bits per heavy atom. The highest BCUT2D eigenvalue weighted by molar-refractivity contribution is 5.85. The van der Waals surface area contributed by atoms with E-state index in [1.807, 2.05) is 18.2 Å². The van der Waals surface area contributed by atoms with Gasteiger partial charge in [-0.25, -0.2) is 4.39 Å². The molecular formula is C35H52ClFN2O3. The van der Waals surface area contributed by atoms with Crippen molar-refractivity contribution in [2.24, 2.45) is 5.92 Å². The Morgan fingerprint density at radius 2 is 1.50 bits per heavy atom. The number of ether oxygens (including phenoxy) is 2. The van der Waals surface area contributed by atoms with E-state index in [2.05, 4.69) is 17.9 Å². The van der Waals surface area contributed by atoms with Crippen LogP contribution in [0.3, 0.4) is 0 Å². The van der Waals surface area contributed by atoms with Gasteiger partial charge in [-0.05, 0) is 93.0 Å². The van der Waals surface area contributed by atoms with Crippen LogP contribution in [0.5, 0.6) is 11.5 Å². The topological polar surface area (TPSA) is 65.7 Å². The molecule has 2 aromatic carbocycles. The fraction of sp³-hybridized carbons (Fsp3) is 0.629. The van der Waals surface area contributed by atoms with E-state index in [0.717, 1.165) is 75.7 Å². The summed E-state index contributed by atoms with van der Waals surface area (Å²) in [6.07, 6.45) is 13.8. The molecular weight excluding hydrogens is 551 g/mol. The first-order valence-electron chi connectivity index (χ1n) is 15.8. The predicted molar refractivity (Wildman–Crippen MR) is 171 cm³/mol. The van der Waals surface area contributed by atoms with Crippen molar-refractivity contribution < 1.29 is 19.0 Å². The number of rotatable bonds is 18. The van der Waals surface area contributed by atoms with Crippen LogP contribution in [0.1, 0.15) is 108 Å². The van der Waals surface area contributed by atoms with Crippen molar-refractivity contribution in [3.63, 3.8) is 0 Å². The van der Waals surface area contributed by atoms with Gasteiger partial charge in [-0.1, -0.05) is 76.5 Å². The molecule has 1 fully saturated rings. The number of hydrogen-bond acceptors (Lipinski definition) is 5. The fourth-order valence-electron chi connectivity index (χ4n) is 6.31. The van der Waals surface area contributed by atoms with Gasteiger partial charge in [0.1, 0.15) is 5.82 Å². The number of nitrogens with zero attached hydrogens (tertiary/aromatic N) is 2. The second kappa shape index (κ2) is 19.1. The molecule has 1 saturated heterocycles. The third kappa shape index (κ3) is 10.4. The number of nitriles is 1. The first kappa shape index (κ1) is 35.9. The summed E-state index contributed by atoms with van der Waals surface area (Å²) in [5, 5.41) is 21.4. The van der Waals surface area contributed by atoms with E-state index >= 15 is 0 Å². The molecule has 0 bridgehead atoms. The van der Waals surface area contributed by atoms with Crippen molar-refractivity contribution >= 4 is 12.4 Å². The van der Waals surface area contributed by atoms with Gasteiger partial charge in [0.25, 0.3) is 0 Å². The lowest BCUT2D eigenvalue weighted by Crippen LogP contribution is -2.37. The zero-order chi connectivity index (χ0) is 29.5. The molecule has 3 rings (SSSR count). The number of likely N-dealkylation sites (tertiary alicyclic amines) is 1. The summed E-state index contributed by atoms with van der Waals surface area (Å²) in [5.74, 6) is 1.26. The van der Waals surface area contributed by atoms with Gasteiger partial charge < -0.3 is 19.5 Å². The zero-order valence-corrected chi connectivity index (χ0v) is 26.8. The molecule has 42 heavy (non-hydrogen) atoms. The third-order valence-corrected chi connectivity index (χ3v) is 8.98. The van der Waals surface area contributed by atoms with E-state index in [0.29, 0.717) is 11.5 Å². The van der Waals surface area contributed by atoms with Gasteiger partial charge in [0.05, 0.1) is 31.8 Å². The maximum Gasteiger partial charge on any atom is 0.161 e. The molecule has 2 atom stereocenters. The molecule has 0 aliphatic carbocycles. The van der Waals surface area contributed by atoms with Crippen molar-refractivity contribution in [1.82, 2.24) is 4.90 Å². The number of aliphatic hydroxyl groups is 1. The number of unbranched alkanes of at least 4 members (excludes halogenated alkanes) is 7. The largest absolute Gasteiger partial charge is 0.493 e. The zero-order valence-electron chi connectivity index (χ0n) is 26.0. The van der Waals surface area contributed by atoms with Crippen LogP contribution in [-0.2, 0) is 5.41 Å². The van der Waals surface area contributed by atoms with Crippen LogP contribution < -0.4 is 9.47 Å². The van der Waals surface area contributed by atoms with Crippen LogP contribution in [0.2, 0.25) is 0 Å². The first-order chi connectivity index (χ1) is 20.0. The molecule has 7 heteroatoms. The predicted octanol–water partition coefficient (Wildman–Crippen LogP) is 8.78. The van der Waals surface area contributed by atoms with Crippen molar-refractivity contribution in [2.75, 3.05) is 33.9 Å². The van der Waals surface area contributed by atoms with E-state index in [4.69, 9.17) is 9.47 Å². The molecule has 1 aliphatic heterocycles. The van der Waals surface area contributed by atoms with Gasteiger partial charge in [-0.3, -0.25) is 0 Å². The van der Waals surface area contributed by atoms with Crippen molar-refractivity contribution in [1.29, 1.82) is 5.26 Å². The molecule has 5 nitrogen and oxygen atoms in total. The van der Waals surface area contributed by atoms with Crippen LogP contribution in [0.25, 0.3) is 0 Å². The van der Waals surface area contributed by atoms with Gasteiger partial charge in [0.15, 0.2) is 11.5 Å². The van der Waals surface area contributed by atoms with Gasteiger partial charge in [0.2, 0.25) is 0 Å². The summed E-state index contributed by atoms with van der Waals surface area (Å²) < 4.78 is 24.3. The van der Waals surface area contributed by atoms with Crippen molar-refractivity contribution in [3.8, 4) is 17.6 Å². The number of benzene rings is 2. The van der Waals surface area contributed by atoms with E-state index in [1.54, 1.807) is 26.4 Å². The molecule has 0 saturated carbocycles. The molecule has 1 aliphatic rings. The SMILES string of the molecule is CCCCCCCCCCC(C#N)(CCCN1CCC(C(O)c2ccc(F)cc2)CC1)c1ccc(OC)c(OC)c1.Cl. The molecule has 0 aromatic heterocycles. The van der Waals surface area contributed by atoms with E-state index in [1.165, 1.54) is 50.7 Å². The highest BCUT2D eigenvalue weighted by Crippen LogP contribution is 2.39. The normalized spacial score (nSPS) is 16.2. The molecule has 0 spiro atoms. The Kier molecular flexibility index (Phi) is 16.3. The minimum absolute atomic E-state index is 0. The van der Waals surface area contributed by atoms with Gasteiger partial charge in [-0.15, -0.1) is 12.4 Å². The minimum atomic E-state index is -0.557. The highest BCUT2D eigenvalue weighted by Gasteiger charge is 2.33. The Bertz CT molecular complexity index is 1070. The molecule has 2 aromatic rings. The maximum atomic E-state index is 13.3. The number of aliphatic hydroxyl groups excluding tert-OH is 1. The first-order valence-corrected chi connectivity index (χ1v) is 15.8. The number of methoxy groups -OCH3 is 2. The Morgan fingerprint density at radius 3 is 2.10 bits per heavy atom. The fourth-order valence-corrected chi connectivity index (χ4v) is 6.31. The van der Waals surface area contributed by atoms with E-state index < -0.39 is 11.5 Å². The molecule has 2 unspecified atom stereocenters.